The van der Waals surface area contributed by atoms with Crippen molar-refractivity contribution in [3.63, 3.8) is 0 Å². The van der Waals surface area contributed by atoms with Crippen LogP contribution in [0.4, 0.5) is 0 Å². The SMILES string of the molecule is C=CC(=O)Oc1c(Br)cc(C(C)(C)c2cc(Br)c(OC(=O)C=C)c(Br)c2)cc1Br. The summed E-state index contributed by atoms with van der Waals surface area (Å²) in [5.41, 5.74) is 1.49. The fourth-order valence-corrected chi connectivity index (χ4v) is 5.18. The van der Waals surface area contributed by atoms with E-state index in [1.807, 2.05) is 24.3 Å². The number of halogens is 4. The summed E-state index contributed by atoms with van der Waals surface area (Å²) in [6.45, 7) is 10.9. The first-order chi connectivity index (χ1) is 13.5. The van der Waals surface area contributed by atoms with E-state index in [1.165, 1.54) is 0 Å². The first kappa shape index (κ1) is 24.1. The Morgan fingerprint density at radius 1 is 0.759 bits per heavy atom. The van der Waals surface area contributed by atoms with Gasteiger partial charge in [-0.1, -0.05) is 27.0 Å². The van der Waals surface area contributed by atoms with Gasteiger partial charge in [-0.25, -0.2) is 9.59 Å². The molecule has 0 saturated carbocycles. The summed E-state index contributed by atoms with van der Waals surface area (Å²) in [5.74, 6) is -0.334. The molecular weight excluding hydrogens is 636 g/mol. The minimum Gasteiger partial charge on any atom is -0.421 e. The molecule has 0 saturated heterocycles. The second-order valence-corrected chi connectivity index (χ2v) is 9.83. The van der Waals surface area contributed by atoms with Crippen molar-refractivity contribution in [2.75, 3.05) is 0 Å². The van der Waals surface area contributed by atoms with Crippen LogP contribution >= 0.6 is 63.7 Å². The van der Waals surface area contributed by atoms with Gasteiger partial charge in [0.15, 0.2) is 11.5 Å². The first-order valence-corrected chi connectivity index (χ1v) is 11.4. The maximum atomic E-state index is 11.6. The van der Waals surface area contributed by atoms with Gasteiger partial charge in [-0.2, -0.15) is 0 Å². The lowest BCUT2D eigenvalue weighted by atomic mass is 9.78. The maximum Gasteiger partial charge on any atom is 0.335 e. The van der Waals surface area contributed by atoms with Gasteiger partial charge in [-0.15, -0.1) is 0 Å². The van der Waals surface area contributed by atoms with Crippen LogP contribution in [0.3, 0.4) is 0 Å². The molecule has 0 aromatic heterocycles. The fraction of sp³-hybridized carbons (Fsp3) is 0.143. The molecular formula is C21H16Br4O4. The Balaban J connectivity index is 2.50. The van der Waals surface area contributed by atoms with Crippen molar-refractivity contribution in [1.82, 2.24) is 0 Å². The minimum absolute atomic E-state index is 0.378. The topological polar surface area (TPSA) is 52.6 Å². The van der Waals surface area contributed by atoms with E-state index in [1.54, 1.807) is 0 Å². The summed E-state index contributed by atoms with van der Waals surface area (Å²) in [6.07, 6.45) is 2.21. The third kappa shape index (κ3) is 5.48. The molecule has 0 N–H and O–H groups in total. The lowest BCUT2D eigenvalue weighted by Crippen LogP contribution is -2.20. The second-order valence-electron chi connectivity index (χ2n) is 6.41. The van der Waals surface area contributed by atoms with Crippen LogP contribution in [0.15, 0.2) is 67.5 Å². The maximum absolute atomic E-state index is 11.6. The zero-order valence-electron chi connectivity index (χ0n) is 15.5. The molecule has 2 aromatic rings. The van der Waals surface area contributed by atoms with Gasteiger partial charge in [0.05, 0.1) is 17.9 Å². The van der Waals surface area contributed by atoms with Crippen LogP contribution in [-0.4, -0.2) is 11.9 Å². The van der Waals surface area contributed by atoms with E-state index in [-0.39, 0.29) is 0 Å². The van der Waals surface area contributed by atoms with Gasteiger partial charge in [0.1, 0.15) is 0 Å². The summed E-state index contributed by atoms with van der Waals surface area (Å²) in [7, 11) is 0. The van der Waals surface area contributed by atoms with Crippen LogP contribution in [0, 0.1) is 0 Å². The highest BCUT2D eigenvalue weighted by molar-refractivity contribution is 9.11. The number of benzene rings is 2. The number of hydrogen-bond donors (Lipinski definition) is 0. The van der Waals surface area contributed by atoms with Gasteiger partial charge in [0.2, 0.25) is 0 Å². The molecule has 0 fully saturated rings. The summed E-state index contributed by atoms with van der Waals surface area (Å²) in [6, 6.07) is 7.57. The molecule has 29 heavy (non-hydrogen) atoms. The van der Waals surface area contributed by atoms with Crippen molar-refractivity contribution in [2.45, 2.75) is 19.3 Å². The molecule has 2 aromatic carbocycles. The predicted molar refractivity (Wildman–Crippen MR) is 127 cm³/mol. The molecule has 0 unspecified atom stereocenters. The summed E-state index contributed by atoms with van der Waals surface area (Å²) < 4.78 is 13.1. The fourth-order valence-electron chi connectivity index (χ4n) is 2.49. The number of rotatable bonds is 6. The molecule has 0 bridgehead atoms. The van der Waals surface area contributed by atoms with Crippen LogP contribution in [0.2, 0.25) is 0 Å². The molecule has 0 atom stereocenters. The van der Waals surface area contributed by atoms with Gasteiger partial charge in [0.25, 0.3) is 0 Å². The number of carbonyl (C=O) groups excluding carboxylic acids is 2. The lowest BCUT2D eigenvalue weighted by Gasteiger charge is -2.28. The van der Waals surface area contributed by atoms with Crippen molar-refractivity contribution < 1.29 is 19.1 Å². The van der Waals surface area contributed by atoms with Gasteiger partial charge in [-0.05, 0) is 99.1 Å². The molecule has 8 heteroatoms. The van der Waals surface area contributed by atoms with Crippen LogP contribution in [0.25, 0.3) is 0 Å². The molecule has 0 radical (unpaired) electrons. The van der Waals surface area contributed by atoms with E-state index in [0.717, 1.165) is 23.3 Å². The Morgan fingerprint density at radius 2 is 1.03 bits per heavy atom. The van der Waals surface area contributed by atoms with Gasteiger partial charge >= 0.3 is 11.9 Å². The van der Waals surface area contributed by atoms with Crippen LogP contribution in [-0.2, 0) is 15.0 Å². The molecule has 4 nitrogen and oxygen atoms in total. The molecule has 0 aliphatic heterocycles. The standard InChI is InChI=1S/C21H16Br4O4/c1-5-17(26)28-19-13(22)7-11(8-14(19)23)21(3,4)12-9-15(24)20(16(25)10-12)29-18(27)6-2/h5-10H,1-2H2,3-4H3. The zero-order chi connectivity index (χ0) is 21.9. The third-order valence-corrected chi connectivity index (χ3v) is 6.53. The van der Waals surface area contributed by atoms with Crippen molar-refractivity contribution in [3.05, 3.63) is 78.6 Å². The summed E-state index contributed by atoms with van der Waals surface area (Å²) >= 11 is 13.9. The predicted octanol–water partition coefficient (Wildman–Crippen LogP) is 7.25. The van der Waals surface area contributed by atoms with Gasteiger partial charge in [-0.3, -0.25) is 0 Å². The molecule has 0 heterocycles. The molecule has 2 rings (SSSR count). The normalized spacial score (nSPS) is 11.0. The van der Waals surface area contributed by atoms with Crippen LogP contribution in [0.5, 0.6) is 11.5 Å². The largest absolute Gasteiger partial charge is 0.421 e. The van der Waals surface area contributed by atoms with E-state index < -0.39 is 17.4 Å². The average molecular weight is 652 g/mol. The Morgan fingerprint density at radius 3 is 1.28 bits per heavy atom. The highest BCUT2D eigenvalue weighted by Gasteiger charge is 2.28. The average Bonchev–Trinajstić information content (AvgIpc) is 2.66. The van der Waals surface area contributed by atoms with E-state index >= 15 is 0 Å². The second kappa shape index (κ2) is 9.73. The van der Waals surface area contributed by atoms with E-state index in [9.17, 15) is 9.59 Å². The molecule has 152 valence electrons. The molecule has 0 amide bonds. The molecule has 0 spiro atoms. The van der Waals surface area contributed by atoms with E-state index in [0.29, 0.717) is 29.4 Å². The lowest BCUT2D eigenvalue weighted by molar-refractivity contribution is -0.129. The first-order valence-electron chi connectivity index (χ1n) is 8.18. The Labute approximate surface area is 202 Å². The van der Waals surface area contributed by atoms with E-state index in [4.69, 9.17) is 9.47 Å². The number of esters is 2. The number of hydrogen-bond acceptors (Lipinski definition) is 4. The number of carbonyl (C=O) groups is 2. The van der Waals surface area contributed by atoms with Crippen molar-refractivity contribution >= 4 is 75.7 Å². The number of ether oxygens (including phenoxy) is 2. The van der Waals surface area contributed by atoms with Crippen LogP contribution in [0.1, 0.15) is 25.0 Å². The summed E-state index contributed by atoms with van der Waals surface area (Å²) in [5, 5.41) is 0. The van der Waals surface area contributed by atoms with Crippen molar-refractivity contribution in [1.29, 1.82) is 0 Å². The Bertz CT molecular complexity index is 886. The van der Waals surface area contributed by atoms with Crippen LogP contribution < -0.4 is 9.47 Å². The Hall–Kier alpha value is -1.22. The minimum atomic E-state index is -0.545. The zero-order valence-corrected chi connectivity index (χ0v) is 21.9. The molecule has 0 aliphatic rings. The smallest absolute Gasteiger partial charge is 0.335 e. The highest BCUT2D eigenvalue weighted by Crippen LogP contribution is 2.44. The van der Waals surface area contributed by atoms with Crippen molar-refractivity contribution in [3.8, 4) is 11.5 Å². The monoisotopic (exact) mass is 648 g/mol. The summed E-state index contributed by atoms with van der Waals surface area (Å²) in [4.78, 5) is 23.1. The molecule has 0 aliphatic carbocycles. The quantitative estimate of drug-likeness (QED) is 0.188. The highest BCUT2D eigenvalue weighted by atomic mass is 79.9. The van der Waals surface area contributed by atoms with Gasteiger partial charge in [0, 0.05) is 17.6 Å². The third-order valence-electron chi connectivity index (χ3n) is 4.18. The van der Waals surface area contributed by atoms with Crippen molar-refractivity contribution in [2.24, 2.45) is 0 Å². The van der Waals surface area contributed by atoms with E-state index in [2.05, 4.69) is 90.7 Å². The Kier molecular flexibility index (Phi) is 8.07. The van der Waals surface area contributed by atoms with Gasteiger partial charge < -0.3 is 9.47 Å².